The van der Waals surface area contributed by atoms with E-state index in [1.807, 2.05) is 0 Å². The van der Waals surface area contributed by atoms with Crippen LogP contribution in [0.5, 0.6) is 0 Å². The fourth-order valence-electron chi connectivity index (χ4n) is 3.29. The van der Waals surface area contributed by atoms with Crippen LogP contribution in [0.4, 0.5) is 0 Å². The van der Waals surface area contributed by atoms with Gasteiger partial charge in [-0.3, -0.25) is 0 Å². The molecule has 2 N–H and O–H groups in total. The summed E-state index contributed by atoms with van der Waals surface area (Å²) in [6.07, 6.45) is 7.43. The number of nitrogens with zero attached hydrogens (tertiary/aromatic N) is 1. The van der Waals surface area contributed by atoms with E-state index in [0.29, 0.717) is 17.3 Å². The predicted octanol–water partition coefficient (Wildman–Crippen LogP) is 1.32. The number of thioether (sulfide) groups is 1. The SMILES string of the molecule is CSC(CO)C(C)NC1CCN2CCCC2C1. The molecule has 2 heterocycles. The summed E-state index contributed by atoms with van der Waals surface area (Å²) in [5.74, 6) is 0. The van der Waals surface area contributed by atoms with Gasteiger partial charge >= 0.3 is 0 Å². The first kappa shape index (κ1) is 13.7. The molecule has 2 aliphatic heterocycles. The molecule has 4 atom stereocenters. The molecule has 0 radical (unpaired) electrons. The largest absolute Gasteiger partial charge is 0.395 e. The maximum absolute atomic E-state index is 9.31. The van der Waals surface area contributed by atoms with E-state index in [1.165, 1.54) is 38.8 Å². The van der Waals surface area contributed by atoms with E-state index in [-0.39, 0.29) is 6.61 Å². The summed E-state index contributed by atoms with van der Waals surface area (Å²) in [7, 11) is 0. The Morgan fingerprint density at radius 2 is 2.24 bits per heavy atom. The highest BCUT2D eigenvalue weighted by molar-refractivity contribution is 7.99. The van der Waals surface area contributed by atoms with Gasteiger partial charge in [-0.25, -0.2) is 0 Å². The fourth-order valence-corrected chi connectivity index (χ4v) is 3.93. The molecule has 2 saturated heterocycles. The minimum absolute atomic E-state index is 0.275. The van der Waals surface area contributed by atoms with Crippen LogP contribution < -0.4 is 5.32 Å². The van der Waals surface area contributed by atoms with E-state index < -0.39 is 0 Å². The molecule has 100 valence electrons. The summed E-state index contributed by atoms with van der Waals surface area (Å²) in [6.45, 7) is 5.06. The third-order valence-electron chi connectivity index (χ3n) is 4.36. The molecule has 2 aliphatic rings. The molecule has 0 aromatic heterocycles. The van der Waals surface area contributed by atoms with Crippen molar-refractivity contribution in [1.82, 2.24) is 10.2 Å². The minimum Gasteiger partial charge on any atom is -0.395 e. The number of hydrogen-bond acceptors (Lipinski definition) is 4. The van der Waals surface area contributed by atoms with Gasteiger partial charge in [0.25, 0.3) is 0 Å². The van der Waals surface area contributed by atoms with E-state index in [2.05, 4.69) is 23.4 Å². The van der Waals surface area contributed by atoms with Crippen molar-refractivity contribution < 1.29 is 5.11 Å². The Hall–Kier alpha value is 0.230. The maximum atomic E-state index is 9.31. The van der Waals surface area contributed by atoms with E-state index >= 15 is 0 Å². The molecule has 0 spiro atoms. The first-order valence-electron chi connectivity index (χ1n) is 6.88. The van der Waals surface area contributed by atoms with Crippen molar-refractivity contribution in [3.63, 3.8) is 0 Å². The summed E-state index contributed by atoms with van der Waals surface area (Å²) >= 11 is 1.76. The highest BCUT2D eigenvalue weighted by atomic mass is 32.2. The van der Waals surface area contributed by atoms with Crippen LogP contribution in [0.2, 0.25) is 0 Å². The number of hydrogen-bond donors (Lipinski definition) is 2. The van der Waals surface area contributed by atoms with Gasteiger partial charge < -0.3 is 15.3 Å². The topological polar surface area (TPSA) is 35.5 Å². The van der Waals surface area contributed by atoms with Gasteiger partial charge in [0.05, 0.1) is 6.61 Å². The Kier molecular flexibility index (Phi) is 5.15. The van der Waals surface area contributed by atoms with Gasteiger partial charge in [0.1, 0.15) is 0 Å². The van der Waals surface area contributed by atoms with Crippen molar-refractivity contribution in [3.8, 4) is 0 Å². The number of aliphatic hydroxyl groups excluding tert-OH is 1. The molecule has 4 heteroatoms. The summed E-state index contributed by atoms with van der Waals surface area (Å²) in [6, 6.07) is 1.90. The summed E-state index contributed by atoms with van der Waals surface area (Å²) in [4.78, 5) is 2.65. The molecule has 2 fully saturated rings. The predicted molar refractivity (Wildman–Crippen MR) is 74.6 cm³/mol. The van der Waals surface area contributed by atoms with Crippen LogP contribution in [0, 0.1) is 0 Å². The number of nitrogens with one attached hydrogen (secondary N) is 1. The molecule has 3 nitrogen and oxygen atoms in total. The van der Waals surface area contributed by atoms with E-state index in [0.717, 1.165) is 6.04 Å². The fraction of sp³-hybridized carbons (Fsp3) is 1.00. The van der Waals surface area contributed by atoms with Crippen molar-refractivity contribution >= 4 is 11.8 Å². The lowest BCUT2D eigenvalue weighted by Crippen LogP contribution is -2.50. The molecule has 0 saturated carbocycles. The molecule has 0 aromatic rings. The Morgan fingerprint density at radius 1 is 1.41 bits per heavy atom. The van der Waals surface area contributed by atoms with Crippen molar-refractivity contribution in [1.29, 1.82) is 0 Å². The summed E-state index contributed by atoms with van der Waals surface area (Å²) < 4.78 is 0. The van der Waals surface area contributed by atoms with Crippen LogP contribution in [0.1, 0.15) is 32.6 Å². The molecular formula is C13H26N2OS. The lowest BCUT2D eigenvalue weighted by Gasteiger charge is -2.37. The Balaban J connectivity index is 1.79. The maximum Gasteiger partial charge on any atom is 0.0564 e. The number of piperidine rings is 1. The van der Waals surface area contributed by atoms with Crippen molar-refractivity contribution in [3.05, 3.63) is 0 Å². The van der Waals surface area contributed by atoms with Crippen LogP contribution in [0.3, 0.4) is 0 Å². The zero-order valence-electron chi connectivity index (χ0n) is 11.1. The second-order valence-corrected chi connectivity index (χ2v) is 6.54. The van der Waals surface area contributed by atoms with E-state index in [4.69, 9.17) is 0 Å². The monoisotopic (exact) mass is 258 g/mol. The standard InChI is InChI=1S/C13H26N2OS/c1-10(13(9-16)17-2)14-11-5-7-15-6-3-4-12(15)8-11/h10-14,16H,3-9H2,1-2H3. The van der Waals surface area contributed by atoms with Gasteiger partial charge in [0.15, 0.2) is 0 Å². The van der Waals surface area contributed by atoms with Crippen LogP contribution in [0.25, 0.3) is 0 Å². The van der Waals surface area contributed by atoms with Crippen molar-refractivity contribution in [2.75, 3.05) is 26.0 Å². The Bertz CT molecular complexity index is 235. The normalized spacial score (nSPS) is 33.4. The first-order valence-corrected chi connectivity index (χ1v) is 8.17. The molecule has 0 amide bonds. The van der Waals surface area contributed by atoms with Crippen molar-refractivity contribution in [2.45, 2.75) is 56.0 Å². The molecular weight excluding hydrogens is 232 g/mol. The molecule has 0 aliphatic carbocycles. The highest BCUT2D eigenvalue weighted by Crippen LogP contribution is 2.27. The van der Waals surface area contributed by atoms with E-state index in [9.17, 15) is 5.11 Å². The second kappa shape index (κ2) is 6.41. The molecule has 17 heavy (non-hydrogen) atoms. The van der Waals surface area contributed by atoms with Crippen LogP contribution in [-0.2, 0) is 0 Å². The minimum atomic E-state index is 0.275. The molecule has 0 aromatic carbocycles. The zero-order chi connectivity index (χ0) is 12.3. The Morgan fingerprint density at radius 3 is 2.94 bits per heavy atom. The number of rotatable bonds is 5. The molecule has 2 rings (SSSR count). The van der Waals surface area contributed by atoms with Gasteiger partial charge in [0.2, 0.25) is 0 Å². The van der Waals surface area contributed by atoms with Gasteiger partial charge in [-0.1, -0.05) is 0 Å². The smallest absolute Gasteiger partial charge is 0.0564 e. The lowest BCUT2D eigenvalue weighted by molar-refractivity contribution is 0.159. The zero-order valence-corrected chi connectivity index (χ0v) is 11.9. The van der Waals surface area contributed by atoms with Gasteiger partial charge in [-0.05, 0) is 52.0 Å². The van der Waals surface area contributed by atoms with Crippen LogP contribution in [0.15, 0.2) is 0 Å². The Labute approximate surface area is 109 Å². The quantitative estimate of drug-likeness (QED) is 0.779. The second-order valence-electron chi connectivity index (χ2n) is 5.47. The van der Waals surface area contributed by atoms with Gasteiger partial charge in [-0.2, -0.15) is 11.8 Å². The van der Waals surface area contributed by atoms with Gasteiger partial charge in [-0.15, -0.1) is 0 Å². The average Bonchev–Trinajstić information content (AvgIpc) is 2.77. The van der Waals surface area contributed by atoms with Crippen LogP contribution in [-0.4, -0.2) is 59.3 Å². The van der Waals surface area contributed by atoms with E-state index in [1.54, 1.807) is 11.8 Å². The number of aliphatic hydroxyl groups is 1. The molecule has 0 bridgehead atoms. The third-order valence-corrected chi connectivity index (χ3v) is 5.52. The van der Waals surface area contributed by atoms with Crippen LogP contribution >= 0.6 is 11.8 Å². The molecule has 4 unspecified atom stereocenters. The van der Waals surface area contributed by atoms with Gasteiger partial charge in [0, 0.05) is 23.4 Å². The van der Waals surface area contributed by atoms with Crippen molar-refractivity contribution in [2.24, 2.45) is 0 Å². The lowest BCUT2D eigenvalue weighted by atomic mass is 9.96. The first-order chi connectivity index (χ1) is 8.24. The third kappa shape index (κ3) is 3.37. The number of fused-ring (bicyclic) bond motifs is 1. The summed E-state index contributed by atoms with van der Waals surface area (Å²) in [5.41, 5.74) is 0. The highest BCUT2D eigenvalue weighted by Gasteiger charge is 2.32. The average molecular weight is 258 g/mol. The summed E-state index contributed by atoms with van der Waals surface area (Å²) in [5, 5.41) is 13.4.